The van der Waals surface area contributed by atoms with Gasteiger partial charge in [0, 0.05) is 29.7 Å². The predicted molar refractivity (Wildman–Crippen MR) is 180 cm³/mol. The maximum Gasteiger partial charge on any atom is 0.407 e. The molecule has 1 amide bonds. The van der Waals surface area contributed by atoms with Crippen LogP contribution in [0.25, 0.3) is 0 Å². The molecule has 250 valence electrons. The van der Waals surface area contributed by atoms with E-state index in [9.17, 15) is 14.4 Å². The van der Waals surface area contributed by atoms with Crippen molar-refractivity contribution in [2.45, 2.75) is 71.7 Å². The van der Waals surface area contributed by atoms with Crippen molar-refractivity contribution in [2.75, 3.05) is 31.6 Å². The standard InChI is InChI=1S/C33H43Cl2N5O6/c1-5-44-29(41)22-40-28(35)21-37-30(31(40)42)39-26(17-23-11-7-6-8-12-23)20-36-15-9-10-16-45-27-14-13-25(34)18-24(27)19-38-32(43)46-33(2,3)4/h6-8,11-14,18,21,26,36H,5,9-10,15-17,19-20,22H2,1-4H3,(H,37,39)(H,38,43)/t26-/m0/s1. The van der Waals surface area contributed by atoms with Gasteiger partial charge in [-0.1, -0.05) is 53.5 Å². The van der Waals surface area contributed by atoms with E-state index in [1.165, 1.54) is 6.20 Å². The number of alkyl carbamates (subject to hydrolysis) is 1. The molecule has 11 nitrogen and oxygen atoms in total. The molecule has 0 saturated heterocycles. The van der Waals surface area contributed by atoms with Gasteiger partial charge in [0.15, 0.2) is 5.82 Å². The van der Waals surface area contributed by atoms with Crippen molar-refractivity contribution in [3.63, 3.8) is 0 Å². The molecule has 1 aromatic heterocycles. The highest BCUT2D eigenvalue weighted by Crippen LogP contribution is 2.23. The molecule has 0 aliphatic heterocycles. The zero-order chi connectivity index (χ0) is 33.5. The zero-order valence-electron chi connectivity index (χ0n) is 26.7. The highest BCUT2D eigenvalue weighted by Gasteiger charge is 2.18. The van der Waals surface area contributed by atoms with E-state index in [4.69, 9.17) is 37.4 Å². The molecule has 1 heterocycles. The summed E-state index contributed by atoms with van der Waals surface area (Å²) >= 11 is 12.4. The van der Waals surface area contributed by atoms with Gasteiger partial charge in [-0.3, -0.25) is 14.2 Å². The lowest BCUT2D eigenvalue weighted by Gasteiger charge is -2.21. The number of carbonyl (C=O) groups excluding carboxylic acids is 2. The number of esters is 1. The van der Waals surface area contributed by atoms with Gasteiger partial charge in [-0.15, -0.1) is 0 Å². The van der Waals surface area contributed by atoms with Crippen molar-refractivity contribution in [3.05, 3.63) is 86.4 Å². The Kier molecular flexibility index (Phi) is 14.6. The van der Waals surface area contributed by atoms with Crippen LogP contribution in [-0.2, 0) is 33.8 Å². The second-order valence-corrected chi connectivity index (χ2v) is 12.3. The molecule has 0 radical (unpaired) electrons. The number of ether oxygens (including phenoxy) is 3. The largest absolute Gasteiger partial charge is 0.493 e. The molecule has 0 unspecified atom stereocenters. The first kappa shape index (κ1) is 36.7. The molecule has 3 rings (SSSR count). The predicted octanol–water partition coefficient (Wildman–Crippen LogP) is 5.61. The van der Waals surface area contributed by atoms with Crippen molar-refractivity contribution in [3.8, 4) is 5.75 Å². The summed E-state index contributed by atoms with van der Waals surface area (Å²) < 4.78 is 17.4. The lowest BCUT2D eigenvalue weighted by molar-refractivity contribution is -0.143. The van der Waals surface area contributed by atoms with E-state index in [2.05, 4.69) is 20.9 Å². The zero-order valence-corrected chi connectivity index (χ0v) is 28.2. The van der Waals surface area contributed by atoms with E-state index >= 15 is 0 Å². The molecule has 0 bridgehead atoms. The molecule has 3 aromatic rings. The van der Waals surface area contributed by atoms with Gasteiger partial charge in [-0.05, 0) is 77.3 Å². The maximum absolute atomic E-state index is 13.1. The molecule has 0 fully saturated rings. The number of aromatic nitrogens is 2. The number of halogens is 2. The fourth-order valence-electron chi connectivity index (χ4n) is 4.43. The summed E-state index contributed by atoms with van der Waals surface area (Å²) in [4.78, 5) is 41.4. The number of hydrogen-bond acceptors (Lipinski definition) is 9. The fraction of sp³-hybridized carbons (Fsp3) is 0.455. The first-order valence-electron chi connectivity index (χ1n) is 15.3. The van der Waals surface area contributed by atoms with Gasteiger partial charge in [0.1, 0.15) is 23.0 Å². The highest BCUT2D eigenvalue weighted by atomic mass is 35.5. The van der Waals surface area contributed by atoms with Crippen molar-refractivity contribution in [1.29, 1.82) is 0 Å². The SMILES string of the molecule is CCOC(=O)Cn1c(Cl)cnc(N[C@H](CNCCCCOc2ccc(Cl)cc2CNC(=O)OC(C)(C)C)Cc2ccccc2)c1=O. The van der Waals surface area contributed by atoms with Gasteiger partial charge < -0.3 is 30.2 Å². The van der Waals surface area contributed by atoms with Crippen LogP contribution in [0.15, 0.2) is 59.5 Å². The van der Waals surface area contributed by atoms with Crippen molar-refractivity contribution in [1.82, 2.24) is 20.2 Å². The third-order valence-corrected chi connectivity index (χ3v) is 7.04. The molecule has 0 spiro atoms. The van der Waals surface area contributed by atoms with Crippen molar-refractivity contribution >= 4 is 41.1 Å². The Morgan fingerprint density at radius 2 is 1.83 bits per heavy atom. The van der Waals surface area contributed by atoms with E-state index in [1.54, 1.807) is 45.9 Å². The molecular formula is C33H43Cl2N5O6. The van der Waals surface area contributed by atoms with E-state index in [-0.39, 0.29) is 36.7 Å². The summed E-state index contributed by atoms with van der Waals surface area (Å²) in [5, 5.41) is 10.0. The van der Waals surface area contributed by atoms with Crippen LogP contribution in [0, 0.1) is 0 Å². The Morgan fingerprint density at radius 1 is 1.07 bits per heavy atom. The van der Waals surface area contributed by atoms with E-state index < -0.39 is 23.2 Å². The van der Waals surface area contributed by atoms with Crippen LogP contribution in [0.5, 0.6) is 5.75 Å². The van der Waals surface area contributed by atoms with Crippen LogP contribution in [0.2, 0.25) is 10.2 Å². The molecule has 46 heavy (non-hydrogen) atoms. The monoisotopic (exact) mass is 675 g/mol. The summed E-state index contributed by atoms with van der Waals surface area (Å²) in [7, 11) is 0. The van der Waals surface area contributed by atoms with Crippen LogP contribution < -0.4 is 26.2 Å². The molecule has 13 heteroatoms. The Balaban J connectivity index is 1.53. The van der Waals surface area contributed by atoms with Crippen LogP contribution in [0.3, 0.4) is 0 Å². The van der Waals surface area contributed by atoms with Gasteiger partial charge >= 0.3 is 12.1 Å². The number of benzene rings is 2. The van der Waals surface area contributed by atoms with Gasteiger partial charge in [-0.2, -0.15) is 0 Å². The van der Waals surface area contributed by atoms with E-state index in [0.29, 0.717) is 36.9 Å². The van der Waals surface area contributed by atoms with Gasteiger partial charge in [0.25, 0.3) is 5.56 Å². The minimum Gasteiger partial charge on any atom is -0.493 e. The molecule has 0 saturated carbocycles. The number of rotatable bonds is 17. The van der Waals surface area contributed by atoms with Crippen LogP contribution in [0.1, 0.15) is 51.7 Å². The molecule has 1 atom stereocenters. The number of nitrogens with zero attached hydrogens (tertiary/aromatic N) is 2. The van der Waals surface area contributed by atoms with Crippen LogP contribution in [0.4, 0.5) is 10.6 Å². The second kappa shape index (κ2) is 18.4. The number of amides is 1. The number of unbranched alkanes of at least 4 members (excludes halogenated alkanes) is 1. The second-order valence-electron chi connectivity index (χ2n) is 11.5. The third-order valence-electron chi connectivity index (χ3n) is 6.50. The summed E-state index contributed by atoms with van der Waals surface area (Å²) in [5.41, 5.74) is 0.751. The van der Waals surface area contributed by atoms with Crippen LogP contribution >= 0.6 is 23.2 Å². The Hall–Kier alpha value is -3.80. The Bertz CT molecular complexity index is 1480. The minimum atomic E-state index is -0.594. The Morgan fingerprint density at radius 3 is 2.54 bits per heavy atom. The molecule has 3 N–H and O–H groups in total. The summed E-state index contributed by atoms with van der Waals surface area (Å²) in [6.45, 7) is 8.97. The van der Waals surface area contributed by atoms with Gasteiger partial charge in [0.2, 0.25) is 0 Å². The van der Waals surface area contributed by atoms with E-state index in [0.717, 1.165) is 28.5 Å². The van der Waals surface area contributed by atoms with Crippen LogP contribution in [-0.4, -0.2) is 59.6 Å². The normalized spacial score (nSPS) is 11.9. The lowest BCUT2D eigenvalue weighted by atomic mass is 10.1. The number of carbonyl (C=O) groups is 2. The summed E-state index contributed by atoms with van der Waals surface area (Å²) in [5.74, 6) is 0.189. The highest BCUT2D eigenvalue weighted by molar-refractivity contribution is 6.30. The number of hydrogen-bond donors (Lipinski definition) is 3. The van der Waals surface area contributed by atoms with Crippen molar-refractivity contribution in [2.24, 2.45) is 0 Å². The first-order chi connectivity index (χ1) is 21.9. The summed E-state index contributed by atoms with van der Waals surface area (Å²) in [6.07, 6.45) is 3.08. The van der Waals surface area contributed by atoms with Gasteiger partial charge in [0.05, 0.1) is 19.4 Å². The maximum atomic E-state index is 13.1. The fourth-order valence-corrected chi connectivity index (χ4v) is 4.81. The smallest absolute Gasteiger partial charge is 0.407 e. The van der Waals surface area contributed by atoms with E-state index in [1.807, 2.05) is 30.3 Å². The topological polar surface area (TPSA) is 133 Å². The summed E-state index contributed by atoms with van der Waals surface area (Å²) in [6, 6.07) is 15.0. The molecule has 0 aliphatic rings. The van der Waals surface area contributed by atoms with Crippen molar-refractivity contribution < 1.29 is 23.8 Å². The van der Waals surface area contributed by atoms with Gasteiger partial charge in [-0.25, -0.2) is 9.78 Å². The quantitative estimate of drug-likeness (QED) is 0.123. The average Bonchev–Trinajstić information content (AvgIpc) is 2.99. The Labute approximate surface area is 279 Å². The average molecular weight is 677 g/mol. The number of nitrogens with one attached hydrogen (secondary N) is 3. The first-order valence-corrected chi connectivity index (χ1v) is 16.0. The molecule has 0 aliphatic carbocycles. The molecule has 2 aromatic carbocycles. The number of anilines is 1. The minimum absolute atomic E-state index is 0.0496. The lowest BCUT2D eigenvalue weighted by Crippen LogP contribution is -2.38. The third kappa shape index (κ3) is 12.9. The molecular weight excluding hydrogens is 633 g/mol.